The molecule has 0 saturated carbocycles. The van der Waals surface area contributed by atoms with Crippen molar-refractivity contribution in [3.8, 4) is 5.75 Å². The van der Waals surface area contributed by atoms with E-state index < -0.39 is 0 Å². The van der Waals surface area contributed by atoms with Gasteiger partial charge in [-0.1, -0.05) is 18.2 Å². The minimum Gasteiger partial charge on any atom is -0.493 e. The fourth-order valence-corrected chi connectivity index (χ4v) is 1.31. The predicted molar refractivity (Wildman–Crippen MR) is 66.1 cm³/mol. The van der Waals surface area contributed by atoms with Crippen LogP contribution in [0.15, 0.2) is 30.3 Å². The Hall–Kier alpha value is -1.55. The summed E-state index contributed by atoms with van der Waals surface area (Å²) >= 11 is 0. The Balaban J connectivity index is 2.04. The van der Waals surface area contributed by atoms with Gasteiger partial charge in [-0.2, -0.15) is 0 Å². The van der Waals surface area contributed by atoms with Crippen LogP contribution in [0.1, 0.15) is 12.8 Å². The van der Waals surface area contributed by atoms with Gasteiger partial charge in [0.05, 0.1) is 13.0 Å². The Morgan fingerprint density at radius 3 is 2.71 bits per heavy atom. The van der Waals surface area contributed by atoms with E-state index in [1.54, 1.807) is 7.11 Å². The largest absolute Gasteiger partial charge is 0.493 e. The quantitative estimate of drug-likeness (QED) is 0.699. The van der Waals surface area contributed by atoms with E-state index in [4.69, 9.17) is 9.47 Å². The zero-order valence-corrected chi connectivity index (χ0v) is 10.1. The molecule has 0 aliphatic heterocycles. The Morgan fingerprint density at radius 2 is 2.00 bits per heavy atom. The van der Waals surface area contributed by atoms with Crippen molar-refractivity contribution in [1.29, 1.82) is 0 Å². The first-order valence-electron chi connectivity index (χ1n) is 5.76. The van der Waals surface area contributed by atoms with E-state index in [2.05, 4.69) is 5.32 Å². The normalized spacial score (nSPS) is 9.94. The highest BCUT2D eigenvalue weighted by molar-refractivity contribution is 5.75. The van der Waals surface area contributed by atoms with Gasteiger partial charge in [-0.25, -0.2) is 0 Å². The van der Waals surface area contributed by atoms with Crippen molar-refractivity contribution in [2.75, 3.05) is 26.9 Å². The molecule has 17 heavy (non-hydrogen) atoms. The number of amides is 1. The Morgan fingerprint density at radius 1 is 1.24 bits per heavy atom. The van der Waals surface area contributed by atoms with Crippen molar-refractivity contribution >= 4 is 5.91 Å². The van der Waals surface area contributed by atoms with Crippen LogP contribution in [0.4, 0.5) is 0 Å². The molecule has 0 aliphatic rings. The van der Waals surface area contributed by atoms with Gasteiger partial charge in [0.15, 0.2) is 0 Å². The van der Waals surface area contributed by atoms with Gasteiger partial charge in [0.2, 0.25) is 5.91 Å². The minimum atomic E-state index is 0.0111. The Kier molecular flexibility index (Phi) is 6.82. The molecule has 1 rings (SSSR count). The number of carbonyl (C=O) groups is 1. The van der Waals surface area contributed by atoms with E-state index in [1.165, 1.54) is 0 Å². The molecule has 1 aromatic carbocycles. The molecule has 4 nitrogen and oxygen atoms in total. The zero-order valence-electron chi connectivity index (χ0n) is 10.1. The summed E-state index contributed by atoms with van der Waals surface area (Å²) in [6, 6.07) is 9.47. The molecule has 0 atom stereocenters. The molecule has 1 aromatic rings. The molecule has 1 N–H and O–H groups in total. The summed E-state index contributed by atoms with van der Waals surface area (Å²) in [5.41, 5.74) is 0. The van der Waals surface area contributed by atoms with Crippen LogP contribution in [-0.2, 0) is 9.53 Å². The standard InChI is InChI=1S/C13H19NO3/c1-16-10-5-9-14-13(15)8-11-17-12-6-3-2-4-7-12/h2-4,6-7H,5,8-11H2,1H3,(H,14,15). The lowest BCUT2D eigenvalue weighted by molar-refractivity contribution is -0.121. The van der Waals surface area contributed by atoms with Crippen molar-refractivity contribution in [2.24, 2.45) is 0 Å². The maximum Gasteiger partial charge on any atom is 0.223 e. The van der Waals surface area contributed by atoms with Gasteiger partial charge in [0.25, 0.3) is 0 Å². The van der Waals surface area contributed by atoms with Gasteiger partial charge in [0.1, 0.15) is 5.75 Å². The third-order valence-corrected chi connectivity index (χ3v) is 2.19. The number of rotatable bonds is 8. The molecule has 0 fully saturated rings. The molecule has 0 heterocycles. The van der Waals surface area contributed by atoms with Crippen LogP contribution in [0.5, 0.6) is 5.75 Å². The van der Waals surface area contributed by atoms with Crippen molar-refractivity contribution in [3.63, 3.8) is 0 Å². The Bertz CT molecular complexity index is 314. The highest BCUT2D eigenvalue weighted by Gasteiger charge is 2.00. The first-order valence-corrected chi connectivity index (χ1v) is 5.76. The molecular formula is C13H19NO3. The van der Waals surface area contributed by atoms with Crippen LogP contribution < -0.4 is 10.1 Å². The third kappa shape index (κ3) is 6.58. The van der Waals surface area contributed by atoms with E-state index in [-0.39, 0.29) is 5.91 Å². The first kappa shape index (κ1) is 13.5. The lowest BCUT2D eigenvalue weighted by Crippen LogP contribution is -2.26. The number of ether oxygens (including phenoxy) is 2. The highest BCUT2D eigenvalue weighted by Crippen LogP contribution is 2.08. The van der Waals surface area contributed by atoms with Crippen LogP contribution in [0.2, 0.25) is 0 Å². The summed E-state index contributed by atoms with van der Waals surface area (Å²) in [5.74, 6) is 0.803. The molecule has 0 aromatic heterocycles. The predicted octanol–water partition coefficient (Wildman–Crippen LogP) is 1.61. The number of methoxy groups -OCH3 is 1. The zero-order chi connectivity index (χ0) is 12.3. The second-order valence-electron chi connectivity index (χ2n) is 3.61. The van der Waals surface area contributed by atoms with Crippen molar-refractivity contribution in [3.05, 3.63) is 30.3 Å². The van der Waals surface area contributed by atoms with Gasteiger partial charge < -0.3 is 14.8 Å². The lowest BCUT2D eigenvalue weighted by atomic mass is 10.3. The number of nitrogens with one attached hydrogen (secondary N) is 1. The van der Waals surface area contributed by atoms with Gasteiger partial charge >= 0.3 is 0 Å². The van der Waals surface area contributed by atoms with Crippen molar-refractivity contribution in [2.45, 2.75) is 12.8 Å². The molecular weight excluding hydrogens is 218 g/mol. The molecule has 0 unspecified atom stereocenters. The summed E-state index contributed by atoms with van der Waals surface area (Å²) in [7, 11) is 1.65. The van der Waals surface area contributed by atoms with E-state index in [0.29, 0.717) is 26.2 Å². The molecule has 0 bridgehead atoms. The molecule has 0 saturated heterocycles. The molecule has 94 valence electrons. The maximum absolute atomic E-state index is 11.4. The van der Waals surface area contributed by atoms with Gasteiger partial charge in [-0.05, 0) is 18.6 Å². The van der Waals surface area contributed by atoms with Gasteiger partial charge in [0, 0.05) is 20.3 Å². The van der Waals surface area contributed by atoms with E-state index in [9.17, 15) is 4.79 Å². The van der Waals surface area contributed by atoms with Crippen molar-refractivity contribution in [1.82, 2.24) is 5.32 Å². The van der Waals surface area contributed by atoms with Crippen LogP contribution in [0.25, 0.3) is 0 Å². The summed E-state index contributed by atoms with van der Waals surface area (Å²) in [4.78, 5) is 11.4. The van der Waals surface area contributed by atoms with E-state index >= 15 is 0 Å². The fraction of sp³-hybridized carbons (Fsp3) is 0.462. The third-order valence-electron chi connectivity index (χ3n) is 2.19. The molecule has 0 spiro atoms. The molecule has 1 amide bonds. The van der Waals surface area contributed by atoms with Crippen LogP contribution >= 0.6 is 0 Å². The van der Waals surface area contributed by atoms with Gasteiger partial charge in [-0.3, -0.25) is 4.79 Å². The molecule has 4 heteroatoms. The molecule has 0 radical (unpaired) electrons. The summed E-state index contributed by atoms with van der Waals surface area (Å²) in [6.45, 7) is 1.72. The van der Waals surface area contributed by atoms with Crippen LogP contribution in [0, 0.1) is 0 Å². The SMILES string of the molecule is COCCCNC(=O)CCOc1ccccc1. The average molecular weight is 237 g/mol. The number of benzene rings is 1. The minimum absolute atomic E-state index is 0.0111. The van der Waals surface area contributed by atoms with Gasteiger partial charge in [-0.15, -0.1) is 0 Å². The average Bonchev–Trinajstić information content (AvgIpc) is 2.36. The van der Waals surface area contributed by atoms with Crippen LogP contribution in [-0.4, -0.2) is 32.8 Å². The summed E-state index contributed by atoms with van der Waals surface area (Å²) in [6.07, 6.45) is 1.21. The number of hydrogen-bond acceptors (Lipinski definition) is 3. The number of para-hydroxylation sites is 1. The van der Waals surface area contributed by atoms with E-state index in [1.807, 2.05) is 30.3 Å². The lowest BCUT2D eigenvalue weighted by Gasteiger charge is -2.06. The highest BCUT2D eigenvalue weighted by atomic mass is 16.5. The second-order valence-corrected chi connectivity index (χ2v) is 3.61. The monoisotopic (exact) mass is 237 g/mol. The number of carbonyl (C=O) groups excluding carboxylic acids is 1. The molecule has 0 aliphatic carbocycles. The smallest absolute Gasteiger partial charge is 0.223 e. The topological polar surface area (TPSA) is 47.6 Å². The Labute approximate surface area is 102 Å². The summed E-state index contributed by atoms with van der Waals surface area (Å²) < 4.78 is 10.3. The first-order chi connectivity index (χ1) is 8.33. The fourth-order valence-electron chi connectivity index (χ4n) is 1.31. The number of hydrogen-bond donors (Lipinski definition) is 1. The van der Waals surface area contributed by atoms with Crippen LogP contribution in [0.3, 0.4) is 0 Å². The summed E-state index contributed by atoms with van der Waals surface area (Å²) in [5, 5.41) is 2.80. The second kappa shape index (κ2) is 8.58. The van der Waals surface area contributed by atoms with Crippen molar-refractivity contribution < 1.29 is 14.3 Å². The van der Waals surface area contributed by atoms with E-state index in [0.717, 1.165) is 12.2 Å². The maximum atomic E-state index is 11.4.